The maximum absolute atomic E-state index is 12.7. The van der Waals surface area contributed by atoms with Crippen molar-refractivity contribution in [2.24, 2.45) is 56.6 Å². The highest BCUT2D eigenvalue weighted by atomic mass is 79.9. The van der Waals surface area contributed by atoms with Gasteiger partial charge in [-0.25, -0.2) is 0 Å². The first kappa shape index (κ1) is 28.4. The van der Waals surface area contributed by atoms with Gasteiger partial charge < -0.3 is 20.3 Å². The minimum atomic E-state index is -0.268. The molecule has 0 bridgehead atoms. The number of aromatic hydroxyl groups is 1. The molecule has 2 aromatic rings. The Morgan fingerprint density at radius 1 is 1.10 bits per heavy atom. The number of benzene rings is 1. The molecular weight excluding hydrogens is 570 g/mol. The van der Waals surface area contributed by atoms with Crippen LogP contribution in [0, 0.1) is 46.3 Å². The van der Waals surface area contributed by atoms with Crippen LogP contribution >= 0.6 is 15.9 Å². The Kier molecular flexibility index (Phi) is 7.44. The molecule has 0 unspecified atom stereocenters. The van der Waals surface area contributed by atoms with E-state index >= 15 is 0 Å². The summed E-state index contributed by atoms with van der Waals surface area (Å²) in [6, 6.07) is 5.56. The zero-order valence-corrected chi connectivity index (χ0v) is 25.5. The van der Waals surface area contributed by atoms with E-state index in [1.54, 1.807) is 0 Å². The van der Waals surface area contributed by atoms with Gasteiger partial charge in [0.2, 0.25) is 5.88 Å². The van der Waals surface area contributed by atoms with Gasteiger partial charge in [0.25, 0.3) is 5.91 Å². The highest BCUT2D eigenvalue weighted by Crippen LogP contribution is 2.68. The van der Waals surface area contributed by atoms with Crippen molar-refractivity contribution in [3.05, 3.63) is 22.7 Å². The van der Waals surface area contributed by atoms with Crippen LogP contribution in [0.25, 0.3) is 10.9 Å². The minimum Gasteiger partial charge on any atom is -0.493 e. The number of H-pyrrole nitrogens is 1. The molecule has 8 heteroatoms. The second-order valence-corrected chi connectivity index (χ2v) is 15.0. The molecule has 0 saturated heterocycles. The van der Waals surface area contributed by atoms with E-state index in [0.29, 0.717) is 47.3 Å². The fourth-order valence-electron chi connectivity index (χ4n) is 10.1. The zero-order valence-electron chi connectivity index (χ0n) is 23.9. The summed E-state index contributed by atoms with van der Waals surface area (Å²) in [6.07, 6.45) is 8.98. The van der Waals surface area contributed by atoms with Crippen LogP contribution in [0.15, 0.2) is 32.9 Å². The molecule has 0 spiro atoms. The first-order valence-corrected chi connectivity index (χ1v) is 16.1. The molecule has 0 aliphatic heterocycles. The number of hydrogen-bond donors (Lipinski definition) is 4. The standard InChI is InChI=1S/C32H44BrN3O4/c1-17(4-9-27(39)35-36-29-21-16-19(33)5-8-25(21)34-30(29)40)22-6-7-23-28-24(11-13-32(22,23)3)31(2)12-10-20(37)14-18(31)15-26(28)38/h5,8,16-18,20,22-24,26,28,34,37-38,40H,4,6-7,9-15H2,1-3H3/t17-,18-,20+,22+,23-,24-,26-,28-,31+,32+/m1/s1. The lowest BCUT2D eigenvalue weighted by molar-refractivity contribution is -0.174. The van der Waals surface area contributed by atoms with Crippen molar-refractivity contribution in [3.63, 3.8) is 0 Å². The minimum absolute atomic E-state index is 0.0898. The Bertz CT molecular complexity index is 1310. The predicted molar refractivity (Wildman–Crippen MR) is 158 cm³/mol. The molecule has 4 fully saturated rings. The summed E-state index contributed by atoms with van der Waals surface area (Å²) in [5, 5.41) is 40.9. The zero-order chi connectivity index (χ0) is 28.4. The van der Waals surface area contributed by atoms with Gasteiger partial charge >= 0.3 is 0 Å². The number of halogens is 1. The Hall–Kier alpha value is -1.77. The molecule has 1 aromatic carbocycles. The van der Waals surface area contributed by atoms with E-state index < -0.39 is 0 Å². The number of fused-ring (bicyclic) bond motifs is 6. The molecule has 6 rings (SSSR count). The number of aromatic nitrogens is 1. The van der Waals surface area contributed by atoms with Gasteiger partial charge in [-0.3, -0.25) is 4.79 Å². The average molecular weight is 615 g/mol. The summed E-state index contributed by atoms with van der Waals surface area (Å²) in [6.45, 7) is 7.21. The molecule has 1 amide bonds. The normalized spacial score (nSPS) is 40.1. The molecule has 10 atom stereocenters. The third-order valence-electron chi connectivity index (χ3n) is 12.2. The van der Waals surface area contributed by atoms with E-state index in [1.165, 1.54) is 12.8 Å². The Labute approximate surface area is 245 Å². The van der Waals surface area contributed by atoms with Crippen LogP contribution in [0.2, 0.25) is 0 Å². The topological polar surface area (TPSA) is 118 Å². The number of aliphatic hydroxyl groups is 2. The second-order valence-electron chi connectivity index (χ2n) is 14.1. The summed E-state index contributed by atoms with van der Waals surface area (Å²) < 4.78 is 0.861. The largest absolute Gasteiger partial charge is 0.493 e. The lowest BCUT2D eigenvalue weighted by Gasteiger charge is -2.62. The SMILES string of the molecule is C[C@H](CCC(=O)N=Nc1c(O)[nH]c2ccc(Br)cc12)[C@@H]1CC[C@@H]2[C@H]3[C@H](O)C[C@H]4C[C@@H](O)CC[C@]4(C)[C@@H]3CC[C@]21C. The maximum Gasteiger partial charge on any atom is 0.264 e. The summed E-state index contributed by atoms with van der Waals surface area (Å²) in [5.41, 5.74) is 1.45. The van der Waals surface area contributed by atoms with E-state index in [2.05, 4.69) is 51.9 Å². The fourth-order valence-corrected chi connectivity index (χ4v) is 10.5. The molecule has 40 heavy (non-hydrogen) atoms. The van der Waals surface area contributed by atoms with Crippen LogP contribution in [0.3, 0.4) is 0 Å². The number of nitrogens with zero attached hydrogens (tertiary/aromatic N) is 2. The number of nitrogens with one attached hydrogen (secondary N) is 1. The molecule has 0 radical (unpaired) electrons. The van der Waals surface area contributed by atoms with Crippen molar-refractivity contribution in [1.29, 1.82) is 0 Å². The van der Waals surface area contributed by atoms with Gasteiger partial charge in [-0.05, 0) is 122 Å². The first-order chi connectivity index (χ1) is 19.0. The Balaban J connectivity index is 1.11. The van der Waals surface area contributed by atoms with Gasteiger partial charge in [0.05, 0.1) is 17.7 Å². The average Bonchev–Trinajstić information content (AvgIpc) is 3.42. The van der Waals surface area contributed by atoms with Gasteiger partial charge in [0.1, 0.15) is 0 Å². The molecule has 1 aromatic heterocycles. The van der Waals surface area contributed by atoms with Crippen molar-refractivity contribution in [1.82, 2.24) is 4.98 Å². The first-order valence-electron chi connectivity index (χ1n) is 15.3. The lowest BCUT2D eigenvalue weighted by Crippen LogP contribution is -2.58. The van der Waals surface area contributed by atoms with Crippen molar-refractivity contribution >= 4 is 38.4 Å². The monoisotopic (exact) mass is 613 g/mol. The molecular formula is C32H44BrN3O4. The number of carbonyl (C=O) groups excluding carboxylic acids is 1. The van der Waals surface area contributed by atoms with Crippen molar-refractivity contribution in [2.75, 3.05) is 0 Å². The van der Waals surface area contributed by atoms with Gasteiger partial charge in [-0.1, -0.05) is 36.7 Å². The van der Waals surface area contributed by atoms with Crippen LogP contribution in [-0.2, 0) is 4.79 Å². The molecule has 1 heterocycles. The molecule has 7 nitrogen and oxygen atoms in total. The van der Waals surface area contributed by atoms with E-state index in [1.807, 2.05) is 18.2 Å². The molecule has 4 N–H and O–H groups in total. The van der Waals surface area contributed by atoms with Gasteiger partial charge in [0.15, 0.2) is 5.69 Å². The Morgan fingerprint density at radius 2 is 1.85 bits per heavy atom. The Morgan fingerprint density at radius 3 is 2.65 bits per heavy atom. The number of rotatable bonds is 5. The van der Waals surface area contributed by atoms with Crippen LogP contribution in [-0.4, -0.2) is 38.4 Å². The van der Waals surface area contributed by atoms with Crippen LogP contribution in [0.5, 0.6) is 5.88 Å². The summed E-state index contributed by atoms with van der Waals surface area (Å²) in [7, 11) is 0. The summed E-state index contributed by atoms with van der Waals surface area (Å²) in [5.74, 6) is 2.42. The van der Waals surface area contributed by atoms with Crippen LogP contribution < -0.4 is 0 Å². The molecule has 218 valence electrons. The number of aromatic amines is 1. The van der Waals surface area contributed by atoms with Crippen LogP contribution in [0.4, 0.5) is 5.69 Å². The number of hydrogen-bond acceptors (Lipinski definition) is 5. The maximum atomic E-state index is 12.7. The molecule has 4 aliphatic carbocycles. The van der Waals surface area contributed by atoms with Crippen molar-refractivity contribution in [3.8, 4) is 5.88 Å². The van der Waals surface area contributed by atoms with Crippen molar-refractivity contribution in [2.45, 2.75) is 97.2 Å². The summed E-state index contributed by atoms with van der Waals surface area (Å²) in [4.78, 5) is 15.6. The predicted octanol–water partition coefficient (Wildman–Crippen LogP) is 7.65. The smallest absolute Gasteiger partial charge is 0.264 e. The number of amides is 1. The van der Waals surface area contributed by atoms with Gasteiger partial charge in [-0.2, -0.15) is 0 Å². The van der Waals surface area contributed by atoms with E-state index in [9.17, 15) is 20.1 Å². The fraction of sp³-hybridized carbons (Fsp3) is 0.719. The summed E-state index contributed by atoms with van der Waals surface area (Å²) >= 11 is 3.44. The van der Waals surface area contributed by atoms with E-state index in [4.69, 9.17) is 0 Å². The van der Waals surface area contributed by atoms with E-state index in [0.717, 1.165) is 54.9 Å². The lowest BCUT2D eigenvalue weighted by atomic mass is 9.43. The third kappa shape index (κ3) is 4.66. The number of carbonyl (C=O) groups is 1. The third-order valence-corrected chi connectivity index (χ3v) is 12.7. The number of aliphatic hydroxyl groups excluding tert-OH is 2. The van der Waals surface area contributed by atoms with Crippen molar-refractivity contribution < 1.29 is 20.1 Å². The second kappa shape index (κ2) is 10.5. The highest BCUT2D eigenvalue weighted by Gasteiger charge is 2.62. The van der Waals surface area contributed by atoms with Gasteiger partial charge in [0, 0.05) is 16.3 Å². The van der Waals surface area contributed by atoms with Crippen LogP contribution in [0.1, 0.15) is 85.0 Å². The highest BCUT2D eigenvalue weighted by molar-refractivity contribution is 9.10. The molecule has 4 aliphatic rings. The van der Waals surface area contributed by atoms with Gasteiger partial charge in [-0.15, -0.1) is 10.2 Å². The molecule has 4 saturated carbocycles. The quantitative estimate of drug-likeness (QED) is 0.259. The van der Waals surface area contributed by atoms with E-state index in [-0.39, 0.29) is 40.5 Å². The number of azo groups is 1.